The van der Waals surface area contributed by atoms with E-state index < -0.39 is 30.6 Å². The Hall–Kier alpha value is -2.05. The van der Waals surface area contributed by atoms with Gasteiger partial charge >= 0.3 is 18.1 Å². The minimum absolute atomic E-state index is 0.149. The largest absolute Gasteiger partial charge is 0.480 e. The van der Waals surface area contributed by atoms with Crippen molar-refractivity contribution in [2.24, 2.45) is 0 Å². The summed E-state index contributed by atoms with van der Waals surface area (Å²) in [5.74, 6) is -3.62. The van der Waals surface area contributed by atoms with E-state index in [2.05, 4.69) is 0 Å². The summed E-state index contributed by atoms with van der Waals surface area (Å²) in [6, 6.07) is 7.72. The van der Waals surface area contributed by atoms with E-state index >= 15 is 0 Å². The average Bonchev–Trinajstić information content (AvgIpc) is 2.35. The van der Waals surface area contributed by atoms with Gasteiger partial charge in [-0.1, -0.05) is 30.3 Å². The molecule has 1 unspecified atom stereocenters. The van der Waals surface area contributed by atoms with Gasteiger partial charge in [-0.25, -0.2) is 0 Å². The number of benzene rings is 1. The molecule has 7 heteroatoms. The first-order chi connectivity index (χ1) is 9.21. The maximum absolute atomic E-state index is 12.5. The molecule has 0 saturated heterocycles. The Morgan fingerprint density at radius 2 is 1.80 bits per heavy atom. The van der Waals surface area contributed by atoms with Gasteiger partial charge in [0.05, 0.1) is 0 Å². The minimum atomic E-state index is -5.08. The van der Waals surface area contributed by atoms with Gasteiger partial charge in [-0.05, 0) is 18.9 Å². The van der Waals surface area contributed by atoms with E-state index in [9.17, 15) is 22.8 Å². The van der Waals surface area contributed by atoms with Crippen molar-refractivity contribution in [1.29, 1.82) is 0 Å². The Bertz CT molecular complexity index is 473. The van der Waals surface area contributed by atoms with Crippen LogP contribution in [0.1, 0.15) is 12.5 Å². The third kappa shape index (κ3) is 4.56. The number of carboxylic acids is 1. The van der Waals surface area contributed by atoms with Crippen molar-refractivity contribution < 1.29 is 27.9 Å². The summed E-state index contributed by atoms with van der Waals surface area (Å²) >= 11 is 0. The van der Waals surface area contributed by atoms with Crippen LogP contribution in [0.4, 0.5) is 13.2 Å². The fourth-order valence-corrected chi connectivity index (χ4v) is 1.80. The van der Waals surface area contributed by atoms with Crippen LogP contribution in [0, 0.1) is 0 Å². The van der Waals surface area contributed by atoms with E-state index in [1.54, 1.807) is 30.3 Å². The number of amides is 1. The number of rotatable bonds is 5. The molecule has 0 radical (unpaired) electrons. The molecular formula is C13H14F3NO3. The number of hydrogen-bond donors (Lipinski definition) is 1. The molecular weight excluding hydrogens is 275 g/mol. The van der Waals surface area contributed by atoms with Gasteiger partial charge in [0.1, 0.15) is 6.54 Å². The Kier molecular flexibility index (Phi) is 5.12. The molecule has 1 aromatic rings. The lowest BCUT2D eigenvalue weighted by atomic mass is 10.1. The van der Waals surface area contributed by atoms with Crippen molar-refractivity contribution in [2.45, 2.75) is 25.6 Å². The highest BCUT2D eigenvalue weighted by atomic mass is 19.4. The summed E-state index contributed by atoms with van der Waals surface area (Å²) in [5, 5.41) is 8.65. The van der Waals surface area contributed by atoms with E-state index in [1.807, 2.05) is 0 Å². The van der Waals surface area contributed by atoms with Gasteiger partial charge in [-0.15, -0.1) is 0 Å². The van der Waals surface area contributed by atoms with Gasteiger partial charge in [0, 0.05) is 6.04 Å². The van der Waals surface area contributed by atoms with Crippen LogP contribution in [0.2, 0.25) is 0 Å². The first-order valence-corrected chi connectivity index (χ1v) is 5.85. The summed E-state index contributed by atoms with van der Waals surface area (Å²) < 4.78 is 37.4. The summed E-state index contributed by atoms with van der Waals surface area (Å²) in [7, 11) is 0. The number of aliphatic carboxylic acids is 1. The predicted octanol–water partition coefficient (Wildman–Crippen LogP) is 2.09. The molecule has 0 spiro atoms. The average molecular weight is 289 g/mol. The molecule has 110 valence electrons. The van der Waals surface area contributed by atoms with Crippen molar-refractivity contribution in [3.63, 3.8) is 0 Å². The molecule has 0 aliphatic rings. The molecule has 0 fully saturated rings. The maximum Gasteiger partial charge on any atom is 0.471 e. The molecule has 1 atom stereocenters. The Balaban J connectivity index is 2.87. The first-order valence-electron chi connectivity index (χ1n) is 5.85. The van der Waals surface area contributed by atoms with E-state index in [1.165, 1.54) is 6.92 Å². The molecule has 1 amide bonds. The van der Waals surface area contributed by atoms with Gasteiger partial charge in [0.2, 0.25) is 0 Å². The third-order valence-electron chi connectivity index (χ3n) is 2.71. The van der Waals surface area contributed by atoms with Gasteiger partial charge in [0.25, 0.3) is 0 Å². The number of hydrogen-bond acceptors (Lipinski definition) is 2. The van der Waals surface area contributed by atoms with Crippen molar-refractivity contribution in [2.75, 3.05) is 6.54 Å². The molecule has 0 bridgehead atoms. The van der Waals surface area contributed by atoms with Crippen molar-refractivity contribution in [3.8, 4) is 0 Å². The van der Waals surface area contributed by atoms with Crippen LogP contribution in [0.5, 0.6) is 0 Å². The van der Waals surface area contributed by atoms with Crippen molar-refractivity contribution in [3.05, 3.63) is 35.9 Å². The minimum Gasteiger partial charge on any atom is -0.480 e. The number of nitrogens with zero attached hydrogens (tertiary/aromatic N) is 1. The van der Waals surface area contributed by atoms with Crippen molar-refractivity contribution in [1.82, 2.24) is 4.90 Å². The van der Waals surface area contributed by atoms with Gasteiger partial charge in [-0.3, -0.25) is 9.59 Å². The summed E-state index contributed by atoms with van der Waals surface area (Å²) in [6.45, 7) is 0.409. The lowest BCUT2D eigenvalue weighted by Gasteiger charge is -2.28. The standard InChI is InChI=1S/C13H14F3NO3/c1-9(7-10-5-3-2-4-6-10)17(8-11(18)19)12(20)13(14,15)16/h2-6,9H,7-8H2,1H3,(H,18,19). The van der Waals surface area contributed by atoms with Crippen molar-refractivity contribution >= 4 is 11.9 Å². The second-order valence-electron chi connectivity index (χ2n) is 4.36. The van der Waals surface area contributed by atoms with Crippen LogP contribution in [-0.4, -0.2) is 40.6 Å². The van der Waals surface area contributed by atoms with E-state index in [0.29, 0.717) is 4.90 Å². The molecule has 1 rings (SSSR count). The van der Waals surface area contributed by atoms with E-state index in [4.69, 9.17) is 5.11 Å². The first kappa shape index (κ1) is 16.0. The van der Waals surface area contributed by atoms with E-state index in [-0.39, 0.29) is 6.42 Å². The molecule has 1 aromatic carbocycles. The Labute approximate surface area is 113 Å². The quantitative estimate of drug-likeness (QED) is 0.903. The molecule has 0 aromatic heterocycles. The zero-order chi connectivity index (χ0) is 15.3. The zero-order valence-electron chi connectivity index (χ0n) is 10.7. The molecule has 0 saturated carbocycles. The number of carbonyl (C=O) groups is 2. The monoisotopic (exact) mass is 289 g/mol. The lowest BCUT2D eigenvalue weighted by Crippen LogP contribution is -2.49. The number of carbonyl (C=O) groups excluding carboxylic acids is 1. The molecule has 0 heterocycles. The summed E-state index contributed by atoms with van der Waals surface area (Å²) in [4.78, 5) is 22.2. The Morgan fingerprint density at radius 1 is 1.25 bits per heavy atom. The van der Waals surface area contributed by atoms with Gasteiger partial charge in [-0.2, -0.15) is 13.2 Å². The molecule has 20 heavy (non-hydrogen) atoms. The number of carboxylic acid groups (broad SMARTS) is 1. The predicted molar refractivity (Wildman–Crippen MR) is 65.0 cm³/mol. The van der Waals surface area contributed by atoms with Gasteiger partial charge in [0.15, 0.2) is 0 Å². The van der Waals surface area contributed by atoms with Crippen LogP contribution in [-0.2, 0) is 16.0 Å². The maximum atomic E-state index is 12.5. The highest BCUT2D eigenvalue weighted by molar-refractivity contribution is 5.85. The number of alkyl halides is 3. The van der Waals surface area contributed by atoms with E-state index in [0.717, 1.165) is 5.56 Å². The smallest absolute Gasteiger partial charge is 0.471 e. The molecule has 0 aliphatic heterocycles. The molecule has 1 N–H and O–H groups in total. The van der Waals surface area contributed by atoms with Crippen LogP contribution in [0.25, 0.3) is 0 Å². The van der Waals surface area contributed by atoms with Crippen LogP contribution in [0.15, 0.2) is 30.3 Å². The van der Waals surface area contributed by atoms with Crippen LogP contribution >= 0.6 is 0 Å². The summed E-state index contributed by atoms with van der Waals surface area (Å²) in [5.41, 5.74) is 0.727. The Morgan fingerprint density at radius 3 is 2.25 bits per heavy atom. The molecule has 0 aliphatic carbocycles. The van der Waals surface area contributed by atoms with Crippen LogP contribution < -0.4 is 0 Å². The zero-order valence-corrected chi connectivity index (χ0v) is 10.7. The highest BCUT2D eigenvalue weighted by Gasteiger charge is 2.44. The number of halogens is 3. The third-order valence-corrected chi connectivity index (χ3v) is 2.71. The fraction of sp³-hybridized carbons (Fsp3) is 0.385. The normalized spacial score (nSPS) is 12.8. The topological polar surface area (TPSA) is 57.6 Å². The highest BCUT2D eigenvalue weighted by Crippen LogP contribution is 2.21. The molecule has 4 nitrogen and oxygen atoms in total. The fourth-order valence-electron chi connectivity index (χ4n) is 1.80. The van der Waals surface area contributed by atoms with Gasteiger partial charge < -0.3 is 10.0 Å². The second kappa shape index (κ2) is 6.40. The second-order valence-corrected chi connectivity index (χ2v) is 4.36. The SMILES string of the molecule is CC(Cc1ccccc1)N(CC(=O)O)C(=O)C(F)(F)F. The summed E-state index contributed by atoms with van der Waals surface area (Å²) in [6.07, 6.45) is -4.93. The lowest BCUT2D eigenvalue weighted by molar-refractivity contribution is -0.188. The van der Waals surface area contributed by atoms with Crippen LogP contribution in [0.3, 0.4) is 0 Å².